The summed E-state index contributed by atoms with van der Waals surface area (Å²) in [7, 11) is 1.63. The molecule has 1 N–H and O–H groups in total. The number of methoxy groups -OCH3 is 1. The van der Waals surface area contributed by atoms with E-state index in [4.69, 9.17) is 4.74 Å². The van der Waals surface area contributed by atoms with Crippen LogP contribution in [0.15, 0.2) is 72.8 Å². The number of ether oxygens (including phenoxy) is 1. The molecular weight excluding hydrogens is 378 g/mol. The summed E-state index contributed by atoms with van der Waals surface area (Å²) in [4.78, 5) is 24.0. The SMILES string of the molecule is COc1cccc(Cn2c(C(C)=O)c(-c3ccc(C(=O)O)cc3)c3ccccc32)c1. The molecule has 0 bridgehead atoms. The average Bonchev–Trinajstić information content (AvgIpc) is 3.08. The summed E-state index contributed by atoms with van der Waals surface area (Å²) >= 11 is 0. The normalized spacial score (nSPS) is 10.9. The Morgan fingerprint density at radius 3 is 2.37 bits per heavy atom. The first-order chi connectivity index (χ1) is 14.5. The smallest absolute Gasteiger partial charge is 0.335 e. The largest absolute Gasteiger partial charge is 0.497 e. The third kappa shape index (κ3) is 3.46. The van der Waals surface area contributed by atoms with Crippen molar-refractivity contribution in [3.63, 3.8) is 0 Å². The van der Waals surface area contributed by atoms with Crippen molar-refractivity contribution >= 4 is 22.7 Å². The highest BCUT2D eigenvalue weighted by molar-refractivity contribution is 6.10. The van der Waals surface area contributed by atoms with Gasteiger partial charge in [0.05, 0.1) is 18.4 Å². The van der Waals surface area contributed by atoms with Gasteiger partial charge in [-0.15, -0.1) is 0 Å². The van der Waals surface area contributed by atoms with Crippen LogP contribution >= 0.6 is 0 Å². The zero-order valence-corrected chi connectivity index (χ0v) is 16.8. The first-order valence-corrected chi connectivity index (χ1v) is 9.58. The summed E-state index contributed by atoms with van der Waals surface area (Å²) in [5.74, 6) is -0.266. The molecule has 0 aliphatic heterocycles. The fourth-order valence-corrected chi connectivity index (χ4v) is 3.86. The third-order valence-electron chi connectivity index (χ3n) is 5.20. The molecule has 0 unspecified atom stereocenters. The van der Waals surface area contributed by atoms with Gasteiger partial charge in [0.1, 0.15) is 5.75 Å². The predicted molar refractivity (Wildman–Crippen MR) is 116 cm³/mol. The van der Waals surface area contributed by atoms with E-state index in [9.17, 15) is 14.7 Å². The number of ketones is 1. The van der Waals surface area contributed by atoms with Crippen LogP contribution in [-0.4, -0.2) is 28.5 Å². The van der Waals surface area contributed by atoms with E-state index < -0.39 is 5.97 Å². The molecule has 5 nitrogen and oxygen atoms in total. The summed E-state index contributed by atoms with van der Waals surface area (Å²) in [6.07, 6.45) is 0. The summed E-state index contributed by atoms with van der Waals surface area (Å²) < 4.78 is 7.36. The molecule has 30 heavy (non-hydrogen) atoms. The third-order valence-corrected chi connectivity index (χ3v) is 5.20. The molecule has 0 aliphatic rings. The summed E-state index contributed by atoms with van der Waals surface area (Å²) in [5.41, 5.74) is 4.40. The van der Waals surface area contributed by atoms with Gasteiger partial charge in [-0.2, -0.15) is 0 Å². The number of aromatic carboxylic acids is 1. The van der Waals surface area contributed by atoms with E-state index in [-0.39, 0.29) is 11.3 Å². The highest BCUT2D eigenvalue weighted by Gasteiger charge is 2.22. The van der Waals surface area contributed by atoms with Crippen molar-refractivity contribution in [3.8, 4) is 16.9 Å². The number of carboxylic acids is 1. The van der Waals surface area contributed by atoms with Gasteiger partial charge in [0.2, 0.25) is 0 Å². The molecule has 0 saturated heterocycles. The lowest BCUT2D eigenvalue weighted by Gasteiger charge is -2.11. The van der Waals surface area contributed by atoms with Crippen LogP contribution < -0.4 is 4.74 Å². The molecule has 0 saturated carbocycles. The van der Waals surface area contributed by atoms with Crippen LogP contribution in [0, 0.1) is 0 Å². The molecule has 0 fully saturated rings. The van der Waals surface area contributed by atoms with Gasteiger partial charge in [-0.05, 0) is 41.5 Å². The molecule has 4 rings (SSSR count). The number of carboxylic acid groups (broad SMARTS) is 1. The zero-order chi connectivity index (χ0) is 21.3. The van der Waals surface area contributed by atoms with Crippen LogP contribution in [0.1, 0.15) is 33.3 Å². The number of nitrogens with zero attached hydrogens (tertiary/aromatic N) is 1. The van der Waals surface area contributed by atoms with E-state index in [2.05, 4.69) is 0 Å². The van der Waals surface area contributed by atoms with Crippen LogP contribution in [0.3, 0.4) is 0 Å². The van der Waals surface area contributed by atoms with E-state index in [0.29, 0.717) is 12.2 Å². The number of rotatable bonds is 6. The van der Waals surface area contributed by atoms with E-state index in [0.717, 1.165) is 33.3 Å². The van der Waals surface area contributed by atoms with Crippen molar-refractivity contribution in [2.75, 3.05) is 7.11 Å². The Bertz CT molecular complexity index is 1250. The van der Waals surface area contributed by atoms with Crippen molar-refractivity contribution in [2.45, 2.75) is 13.5 Å². The Labute approximate surface area is 174 Å². The lowest BCUT2D eigenvalue weighted by Crippen LogP contribution is -2.09. The minimum Gasteiger partial charge on any atom is -0.497 e. The van der Waals surface area contributed by atoms with Crippen molar-refractivity contribution in [2.24, 2.45) is 0 Å². The molecule has 4 aromatic rings. The number of hydrogen-bond donors (Lipinski definition) is 1. The number of benzene rings is 3. The maximum Gasteiger partial charge on any atom is 0.335 e. The van der Waals surface area contributed by atoms with Crippen LogP contribution in [-0.2, 0) is 6.54 Å². The number of hydrogen-bond acceptors (Lipinski definition) is 3. The van der Waals surface area contributed by atoms with Gasteiger partial charge in [-0.3, -0.25) is 4.79 Å². The summed E-state index contributed by atoms with van der Waals surface area (Å²) in [6, 6.07) is 22.3. The lowest BCUT2D eigenvalue weighted by molar-refractivity contribution is 0.0696. The van der Waals surface area contributed by atoms with E-state index in [1.54, 1.807) is 38.3 Å². The summed E-state index contributed by atoms with van der Waals surface area (Å²) in [5, 5.41) is 10.2. The minimum absolute atomic E-state index is 0.0496. The molecular formula is C25H21NO4. The minimum atomic E-state index is -0.978. The van der Waals surface area contributed by atoms with E-state index in [1.807, 2.05) is 53.1 Å². The second-order valence-electron chi connectivity index (χ2n) is 7.12. The molecule has 0 aliphatic carbocycles. The number of carbonyl (C=O) groups is 2. The van der Waals surface area contributed by atoms with E-state index >= 15 is 0 Å². The Hall–Kier alpha value is -3.86. The lowest BCUT2D eigenvalue weighted by atomic mass is 9.99. The Balaban J connectivity index is 1.93. The molecule has 1 heterocycles. The molecule has 0 radical (unpaired) electrons. The van der Waals surface area contributed by atoms with Gasteiger partial charge >= 0.3 is 5.97 Å². The van der Waals surface area contributed by atoms with Gasteiger partial charge in [0.25, 0.3) is 0 Å². The molecule has 0 spiro atoms. The van der Waals surface area contributed by atoms with Gasteiger partial charge in [-0.25, -0.2) is 4.79 Å². The van der Waals surface area contributed by atoms with Crippen LogP contribution in [0.4, 0.5) is 0 Å². The number of Topliss-reactive ketones (excluding diaryl/α,β-unsaturated/α-hetero) is 1. The molecule has 0 amide bonds. The van der Waals surface area contributed by atoms with Gasteiger partial charge in [0, 0.05) is 29.9 Å². The topological polar surface area (TPSA) is 68.5 Å². The number of fused-ring (bicyclic) bond motifs is 1. The number of aromatic nitrogens is 1. The zero-order valence-electron chi connectivity index (χ0n) is 16.8. The van der Waals surface area contributed by atoms with E-state index in [1.165, 1.54) is 0 Å². The standard InChI is InChI=1S/C25H21NO4/c1-16(27)24-23(18-10-12-19(13-11-18)25(28)29)21-8-3-4-9-22(21)26(24)15-17-6-5-7-20(14-17)30-2/h3-14H,15H2,1-2H3,(H,28,29). The molecule has 0 atom stereocenters. The average molecular weight is 399 g/mol. The highest BCUT2D eigenvalue weighted by atomic mass is 16.5. The Morgan fingerprint density at radius 2 is 1.70 bits per heavy atom. The molecule has 3 aromatic carbocycles. The summed E-state index contributed by atoms with van der Waals surface area (Å²) in [6.45, 7) is 2.07. The Morgan fingerprint density at radius 1 is 0.967 bits per heavy atom. The number of para-hydroxylation sites is 1. The van der Waals surface area contributed by atoms with Crippen LogP contribution in [0.25, 0.3) is 22.0 Å². The maximum absolute atomic E-state index is 12.8. The predicted octanol–water partition coefficient (Wildman–Crippen LogP) is 5.27. The highest BCUT2D eigenvalue weighted by Crippen LogP contribution is 2.36. The van der Waals surface area contributed by atoms with Crippen molar-refractivity contribution in [1.82, 2.24) is 4.57 Å². The van der Waals surface area contributed by atoms with Crippen molar-refractivity contribution < 1.29 is 19.4 Å². The molecule has 1 aromatic heterocycles. The maximum atomic E-state index is 12.8. The second-order valence-corrected chi connectivity index (χ2v) is 7.12. The molecule has 5 heteroatoms. The fraction of sp³-hybridized carbons (Fsp3) is 0.120. The van der Waals surface area contributed by atoms with Gasteiger partial charge < -0.3 is 14.4 Å². The van der Waals surface area contributed by atoms with Crippen LogP contribution in [0.5, 0.6) is 5.75 Å². The second kappa shape index (κ2) is 7.87. The van der Waals surface area contributed by atoms with Crippen LogP contribution in [0.2, 0.25) is 0 Å². The molecule has 150 valence electrons. The first kappa shape index (κ1) is 19.5. The van der Waals surface area contributed by atoms with Gasteiger partial charge in [0.15, 0.2) is 5.78 Å². The van der Waals surface area contributed by atoms with Crippen molar-refractivity contribution in [3.05, 3.63) is 89.6 Å². The quantitative estimate of drug-likeness (QED) is 0.449. The fourth-order valence-electron chi connectivity index (χ4n) is 3.86. The monoisotopic (exact) mass is 399 g/mol. The van der Waals surface area contributed by atoms with Gasteiger partial charge in [-0.1, -0.05) is 42.5 Å². The Kier molecular flexibility index (Phi) is 5.11. The number of carbonyl (C=O) groups excluding carboxylic acids is 1. The van der Waals surface area contributed by atoms with Crippen molar-refractivity contribution in [1.29, 1.82) is 0 Å². The first-order valence-electron chi connectivity index (χ1n) is 9.58.